The Morgan fingerprint density at radius 3 is 1.24 bits per heavy atom. The Hall–Kier alpha value is -8.09. The van der Waals surface area contributed by atoms with Crippen LogP contribution in [0.3, 0.4) is 0 Å². The Bertz CT molecular complexity index is 3590. The van der Waals surface area contributed by atoms with Crippen molar-refractivity contribution >= 4 is 97.4 Å². The van der Waals surface area contributed by atoms with Gasteiger partial charge in [0.25, 0.3) is 13.4 Å². The number of anilines is 9. The van der Waals surface area contributed by atoms with Crippen LogP contribution in [0.2, 0.25) is 0 Å². The van der Waals surface area contributed by atoms with Gasteiger partial charge in [-0.25, -0.2) is 0 Å². The third-order valence-corrected chi connectivity index (χ3v) is 15.0. The van der Waals surface area contributed by atoms with Gasteiger partial charge in [-0.05, 0) is 146 Å². The van der Waals surface area contributed by atoms with Crippen LogP contribution in [0.25, 0.3) is 0 Å². The molecule has 6 nitrogen and oxygen atoms in total. The van der Waals surface area contributed by atoms with E-state index in [4.69, 9.17) is 14.2 Å². The fourth-order valence-corrected chi connectivity index (χ4v) is 11.7. The van der Waals surface area contributed by atoms with Crippen LogP contribution in [0.1, 0.15) is 52.7 Å². The van der Waals surface area contributed by atoms with Gasteiger partial charge in [0, 0.05) is 57.6 Å². The molecule has 0 aromatic heterocycles. The first-order chi connectivity index (χ1) is 34.0. The Balaban J connectivity index is 1.13. The van der Waals surface area contributed by atoms with E-state index in [1.807, 2.05) is 0 Å². The van der Waals surface area contributed by atoms with Gasteiger partial charge in [-0.2, -0.15) is 0 Å². The number of hydrogen-bond donors (Lipinski definition) is 0. The zero-order valence-corrected chi connectivity index (χ0v) is 40.1. The molecule has 14 rings (SSSR count). The van der Waals surface area contributed by atoms with Gasteiger partial charge >= 0.3 is 0 Å². The van der Waals surface area contributed by atoms with E-state index in [2.05, 4.69) is 244 Å². The van der Waals surface area contributed by atoms with Gasteiger partial charge in [0.15, 0.2) is 0 Å². The minimum absolute atomic E-state index is 0.147. The van der Waals surface area contributed by atoms with Crippen molar-refractivity contribution in [1.29, 1.82) is 0 Å². The smallest absolute Gasteiger partial charge is 0.261 e. The van der Waals surface area contributed by atoms with Gasteiger partial charge in [-0.15, -0.1) is 0 Å². The van der Waals surface area contributed by atoms with E-state index in [1.165, 1.54) is 11.1 Å². The standard InChI is InChI=1S/C62H49B2N3O3/c1-61(2,3)38-30-48-58-54(32-38)69-52-37-53-46-36-45(52)63(58)57-47(66(48)42-24-15-9-16-25-42)28-19-29-51(57)68-56-35-44(65(40-20-11-7-12-21-40)41-22-13-8-14-23-41)34-50-60(56)64(46)59-49(67(50)43-26-17-10-18-27-43)31-39(62(4,5)6)33-55(59)70-53/h7-37H,1-6H3. The first kappa shape index (κ1) is 40.9. The summed E-state index contributed by atoms with van der Waals surface area (Å²) in [5, 5.41) is 0. The maximum absolute atomic E-state index is 7.87. The van der Waals surface area contributed by atoms with Crippen molar-refractivity contribution < 1.29 is 14.2 Å². The van der Waals surface area contributed by atoms with Gasteiger partial charge in [-0.3, -0.25) is 0 Å². The van der Waals surface area contributed by atoms with Crippen LogP contribution in [0.15, 0.2) is 188 Å². The van der Waals surface area contributed by atoms with E-state index in [0.29, 0.717) is 0 Å². The van der Waals surface area contributed by atoms with Crippen LogP contribution < -0.4 is 61.7 Å². The molecule has 5 heterocycles. The lowest BCUT2D eigenvalue weighted by Gasteiger charge is -2.44. The van der Waals surface area contributed by atoms with Crippen LogP contribution in [-0.2, 0) is 10.8 Å². The van der Waals surface area contributed by atoms with Crippen LogP contribution in [0, 0.1) is 0 Å². The minimum Gasteiger partial charge on any atom is -0.458 e. The van der Waals surface area contributed by atoms with Gasteiger partial charge < -0.3 is 28.9 Å². The number of hydrogen-bond acceptors (Lipinski definition) is 6. The second kappa shape index (κ2) is 14.7. The van der Waals surface area contributed by atoms with Crippen LogP contribution in [-0.4, -0.2) is 13.4 Å². The highest BCUT2D eigenvalue weighted by Gasteiger charge is 2.50. The summed E-state index contributed by atoms with van der Waals surface area (Å²) in [6.45, 7) is 13.2. The Kier molecular flexibility index (Phi) is 8.60. The monoisotopic (exact) mass is 905 g/mol. The Morgan fingerprint density at radius 2 is 0.757 bits per heavy atom. The quantitative estimate of drug-likeness (QED) is 0.160. The first-order valence-electron chi connectivity index (χ1n) is 24.5. The molecule has 0 fully saturated rings. The molecular formula is C62H49B2N3O3. The van der Waals surface area contributed by atoms with E-state index in [1.54, 1.807) is 0 Å². The number of benzene rings is 9. The molecule has 9 aromatic carbocycles. The molecule has 0 atom stereocenters. The lowest BCUT2D eigenvalue weighted by atomic mass is 9.30. The summed E-state index contributed by atoms with van der Waals surface area (Å²) >= 11 is 0. The predicted octanol–water partition coefficient (Wildman–Crippen LogP) is 12.7. The Morgan fingerprint density at radius 1 is 0.343 bits per heavy atom. The molecular weight excluding hydrogens is 856 g/mol. The van der Waals surface area contributed by atoms with Crippen molar-refractivity contribution in [2.45, 2.75) is 52.4 Å². The Labute approximate surface area is 410 Å². The molecule has 0 saturated heterocycles. The van der Waals surface area contributed by atoms with E-state index in [9.17, 15) is 0 Å². The average molecular weight is 906 g/mol. The lowest BCUT2D eigenvalue weighted by Crippen LogP contribution is -2.64. The lowest BCUT2D eigenvalue weighted by molar-refractivity contribution is 0.462. The van der Waals surface area contributed by atoms with Crippen molar-refractivity contribution in [3.8, 4) is 34.5 Å². The molecule has 70 heavy (non-hydrogen) atoms. The molecule has 8 heteroatoms. The largest absolute Gasteiger partial charge is 0.458 e. The van der Waals surface area contributed by atoms with E-state index in [-0.39, 0.29) is 24.3 Å². The van der Waals surface area contributed by atoms with Crippen molar-refractivity contribution in [3.05, 3.63) is 199 Å². The molecule has 0 spiro atoms. The van der Waals surface area contributed by atoms with Crippen molar-refractivity contribution in [3.63, 3.8) is 0 Å². The topological polar surface area (TPSA) is 37.4 Å². The normalized spacial score (nSPS) is 14.1. The van der Waals surface area contributed by atoms with Gasteiger partial charge in [-0.1, -0.05) is 126 Å². The molecule has 0 amide bonds. The zero-order chi connectivity index (χ0) is 47.2. The van der Waals surface area contributed by atoms with E-state index in [0.717, 1.165) is 118 Å². The summed E-state index contributed by atoms with van der Waals surface area (Å²) in [6, 6.07) is 68.0. The van der Waals surface area contributed by atoms with Gasteiger partial charge in [0.1, 0.15) is 34.5 Å². The van der Waals surface area contributed by atoms with Crippen molar-refractivity contribution in [1.82, 2.24) is 0 Å². The van der Waals surface area contributed by atoms with Crippen molar-refractivity contribution in [2.24, 2.45) is 0 Å². The highest BCUT2D eigenvalue weighted by molar-refractivity contribution is 7.02. The summed E-state index contributed by atoms with van der Waals surface area (Å²) in [5.41, 5.74) is 18.2. The molecule has 2 bridgehead atoms. The number of para-hydroxylation sites is 4. The maximum atomic E-state index is 7.87. The third kappa shape index (κ3) is 6.02. The highest BCUT2D eigenvalue weighted by Crippen LogP contribution is 2.50. The third-order valence-electron chi connectivity index (χ3n) is 15.0. The summed E-state index contributed by atoms with van der Waals surface area (Å²) in [6.07, 6.45) is 0. The molecule has 9 aromatic rings. The van der Waals surface area contributed by atoms with Gasteiger partial charge in [0.05, 0.1) is 5.69 Å². The number of ether oxygens (including phenoxy) is 3. The molecule has 0 saturated carbocycles. The SMILES string of the molecule is CC(C)(C)c1cc2c3c(c1)N(c1ccccc1)c1cccc4c1B3c1cc3c(cc1O2)Oc1cc(C(C)(C)C)cc2c1B3c1c(cc(N(c3ccccc3)c3ccccc3)cc1N2c1ccccc1)O4. The maximum Gasteiger partial charge on any atom is 0.261 e. The summed E-state index contributed by atoms with van der Waals surface area (Å²) in [4.78, 5) is 7.21. The van der Waals surface area contributed by atoms with Gasteiger partial charge in [0.2, 0.25) is 0 Å². The highest BCUT2D eigenvalue weighted by atomic mass is 16.5. The molecule has 0 N–H and O–H groups in total. The molecule has 0 aliphatic carbocycles. The first-order valence-corrected chi connectivity index (χ1v) is 24.5. The minimum atomic E-state index is -0.243. The molecule has 5 aliphatic rings. The second-order valence-corrected chi connectivity index (χ2v) is 21.3. The summed E-state index contributed by atoms with van der Waals surface area (Å²) in [5.74, 6) is 4.89. The summed E-state index contributed by atoms with van der Waals surface area (Å²) in [7, 11) is 0. The fourth-order valence-electron chi connectivity index (χ4n) is 11.7. The molecule has 0 radical (unpaired) electrons. The van der Waals surface area contributed by atoms with E-state index >= 15 is 0 Å². The zero-order valence-electron chi connectivity index (χ0n) is 40.1. The summed E-state index contributed by atoms with van der Waals surface area (Å²) < 4.78 is 22.4. The predicted molar refractivity (Wildman–Crippen MR) is 290 cm³/mol. The van der Waals surface area contributed by atoms with Crippen LogP contribution >= 0.6 is 0 Å². The molecule has 336 valence electrons. The van der Waals surface area contributed by atoms with Crippen LogP contribution in [0.4, 0.5) is 51.2 Å². The van der Waals surface area contributed by atoms with Crippen LogP contribution in [0.5, 0.6) is 34.5 Å². The second-order valence-electron chi connectivity index (χ2n) is 21.3. The van der Waals surface area contributed by atoms with E-state index < -0.39 is 0 Å². The fraction of sp³-hybridized carbons (Fsp3) is 0.129. The average Bonchev–Trinajstić information content (AvgIpc) is 3.36. The number of rotatable bonds is 5. The molecule has 5 aliphatic heterocycles. The number of nitrogens with zero attached hydrogens (tertiary/aromatic N) is 3. The van der Waals surface area contributed by atoms with Crippen molar-refractivity contribution in [2.75, 3.05) is 14.7 Å². The molecule has 0 unspecified atom stereocenters.